The molecule has 0 amide bonds. The number of phenolic OH excluding ortho intramolecular Hbond substituents is 1. The van der Waals surface area contributed by atoms with Crippen molar-refractivity contribution in [2.75, 3.05) is 7.11 Å². The van der Waals surface area contributed by atoms with Crippen molar-refractivity contribution in [3.63, 3.8) is 0 Å². The zero-order chi connectivity index (χ0) is 12.5. The first-order valence-corrected chi connectivity index (χ1v) is 6.17. The Morgan fingerprint density at radius 3 is 2.38 bits per heavy atom. The highest BCUT2D eigenvalue weighted by Crippen LogP contribution is 2.43. The fourth-order valence-corrected chi connectivity index (χ4v) is 2.26. The van der Waals surface area contributed by atoms with E-state index < -0.39 is 12.1 Å². The smallest absolute Gasteiger partial charge is 0.173 e. The third-order valence-electron chi connectivity index (χ3n) is 2.27. The van der Waals surface area contributed by atoms with Gasteiger partial charge in [0.2, 0.25) is 0 Å². The molecule has 0 fully saturated rings. The van der Waals surface area contributed by atoms with E-state index in [1.807, 2.05) is 0 Å². The molecule has 2 atom stereocenters. The molecule has 1 aromatic rings. The normalized spacial score (nSPS) is 14.6. The van der Waals surface area contributed by atoms with Crippen molar-refractivity contribution >= 4 is 31.9 Å². The maximum atomic E-state index is 9.72. The van der Waals surface area contributed by atoms with E-state index in [2.05, 4.69) is 31.9 Å². The molecule has 4 N–H and O–H groups in total. The quantitative estimate of drug-likeness (QED) is 0.778. The van der Waals surface area contributed by atoms with Gasteiger partial charge in [-0.25, -0.2) is 0 Å². The van der Waals surface area contributed by atoms with E-state index in [-0.39, 0.29) is 5.75 Å². The highest BCUT2D eigenvalue weighted by atomic mass is 79.9. The molecule has 16 heavy (non-hydrogen) atoms. The maximum absolute atomic E-state index is 9.72. The molecule has 1 aromatic carbocycles. The molecule has 0 bridgehead atoms. The van der Waals surface area contributed by atoms with Gasteiger partial charge in [0.25, 0.3) is 0 Å². The van der Waals surface area contributed by atoms with Crippen LogP contribution in [0.5, 0.6) is 11.5 Å². The summed E-state index contributed by atoms with van der Waals surface area (Å²) in [5.74, 6) is 0.303. The summed E-state index contributed by atoms with van der Waals surface area (Å²) in [4.78, 5) is 0. The second-order valence-corrected chi connectivity index (χ2v) is 5.00. The molecule has 0 unspecified atom stereocenters. The Balaban J connectivity index is 3.35. The monoisotopic (exact) mass is 353 g/mol. The van der Waals surface area contributed by atoms with Crippen LogP contribution >= 0.6 is 31.9 Å². The number of methoxy groups -OCH3 is 1. The van der Waals surface area contributed by atoms with Gasteiger partial charge in [0, 0.05) is 4.47 Å². The van der Waals surface area contributed by atoms with Crippen molar-refractivity contribution < 1.29 is 14.9 Å². The minimum atomic E-state index is -0.697. The first-order chi connectivity index (χ1) is 7.40. The molecule has 1 rings (SSSR count). The van der Waals surface area contributed by atoms with Crippen LogP contribution in [0, 0.1) is 0 Å². The molecule has 0 aliphatic carbocycles. The largest absolute Gasteiger partial charge is 0.503 e. The summed E-state index contributed by atoms with van der Waals surface area (Å²) in [5.41, 5.74) is 6.51. The number of phenols is 1. The van der Waals surface area contributed by atoms with Crippen molar-refractivity contribution in [1.82, 2.24) is 0 Å². The minimum Gasteiger partial charge on any atom is -0.503 e. The summed E-state index contributed by atoms with van der Waals surface area (Å²) in [7, 11) is 1.45. The lowest BCUT2D eigenvalue weighted by Crippen LogP contribution is -2.23. The van der Waals surface area contributed by atoms with Gasteiger partial charge in [-0.15, -0.1) is 0 Å². The molecule has 0 saturated heterocycles. The molecule has 90 valence electrons. The minimum absolute atomic E-state index is 0.00378. The Morgan fingerprint density at radius 1 is 1.38 bits per heavy atom. The summed E-state index contributed by atoms with van der Waals surface area (Å²) in [6.07, 6.45) is -0.697. The van der Waals surface area contributed by atoms with Crippen LogP contribution in [0.3, 0.4) is 0 Å². The van der Waals surface area contributed by atoms with Crippen molar-refractivity contribution in [2.45, 2.75) is 19.1 Å². The zero-order valence-corrected chi connectivity index (χ0v) is 12.0. The Bertz CT molecular complexity index is 396. The second-order valence-electron chi connectivity index (χ2n) is 3.41. The lowest BCUT2D eigenvalue weighted by atomic mass is 10.0. The molecule has 0 radical (unpaired) electrons. The number of ether oxygens (including phenoxy) is 1. The lowest BCUT2D eigenvalue weighted by Gasteiger charge is -2.19. The van der Waals surface area contributed by atoms with Crippen LogP contribution in [0.4, 0.5) is 0 Å². The van der Waals surface area contributed by atoms with Crippen molar-refractivity contribution in [2.24, 2.45) is 5.73 Å². The summed E-state index contributed by atoms with van der Waals surface area (Å²) in [6.45, 7) is 1.60. The number of rotatable bonds is 3. The zero-order valence-electron chi connectivity index (χ0n) is 8.87. The number of nitrogens with two attached hydrogens (primary N) is 1. The molecule has 0 heterocycles. The van der Waals surface area contributed by atoms with E-state index in [1.54, 1.807) is 13.0 Å². The van der Waals surface area contributed by atoms with Crippen molar-refractivity contribution in [1.29, 1.82) is 0 Å². The number of aliphatic hydroxyl groups excluding tert-OH is 1. The van der Waals surface area contributed by atoms with E-state index in [4.69, 9.17) is 10.5 Å². The highest BCUT2D eigenvalue weighted by molar-refractivity contribution is 9.13. The Kier molecular flexibility index (Phi) is 4.61. The molecule has 6 heteroatoms. The molecule has 0 aliphatic rings. The second kappa shape index (κ2) is 5.35. The van der Waals surface area contributed by atoms with Gasteiger partial charge in [-0.2, -0.15) is 0 Å². The van der Waals surface area contributed by atoms with Crippen LogP contribution in [-0.4, -0.2) is 23.4 Å². The molecule has 0 saturated carbocycles. The Labute approximate surface area is 111 Å². The van der Waals surface area contributed by atoms with Crippen molar-refractivity contribution in [3.8, 4) is 11.5 Å². The number of hydrogen-bond donors (Lipinski definition) is 3. The predicted molar refractivity (Wildman–Crippen MR) is 68.7 cm³/mol. The van der Waals surface area contributed by atoms with Gasteiger partial charge in [0.05, 0.1) is 23.7 Å². The predicted octanol–water partition coefficient (Wildman–Crippen LogP) is 2.31. The standard InChI is InChI=1S/C10H13Br2NO3/c1-4(14)9(13)5-3-6(16-2)10(15)8(12)7(5)11/h3-4,9,14-15H,13H2,1-2H3/t4-,9-/m0/s1. The first-order valence-electron chi connectivity index (χ1n) is 4.58. The van der Waals surface area contributed by atoms with Gasteiger partial charge in [-0.1, -0.05) is 0 Å². The third kappa shape index (κ3) is 2.51. The van der Waals surface area contributed by atoms with Gasteiger partial charge < -0.3 is 20.7 Å². The van der Waals surface area contributed by atoms with E-state index >= 15 is 0 Å². The maximum Gasteiger partial charge on any atom is 0.173 e. The van der Waals surface area contributed by atoms with E-state index in [0.29, 0.717) is 20.3 Å². The number of hydrogen-bond acceptors (Lipinski definition) is 4. The van der Waals surface area contributed by atoms with Crippen LogP contribution in [-0.2, 0) is 0 Å². The Morgan fingerprint density at radius 2 is 1.94 bits per heavy atom. The van der Waals surface area contributed by atoms with Gasteiger partial charge >= 0.3 is 0 Å². The Hall–Kier alpha value is -0.300. The number of aromatic hydroxyl groups is 1. The lowest BCUT2D eigenvalue weighted by molar-refractivity contribution is 0.164. The molecule has 0 aromatic heterocycles. The number of benzene rings is 1. The fourth-order valence-electron chi connectivity index (χ4n) is 1.27. The van der Waals surface area contributed by atoms with Gasteiger partial charge in [0.1, 0.15) is 0 Å². The van der Waals surface area contributed by atoms with E-state index in [9.17, 15) is 10.2 Å². The average molecular weight is 355 g/mol. The number of halogens is 2. The third-order valence-corrected chi connectivity index (χ3v) is 4.43. The van der Waals surface area contributed by atoms with Crippen molar-refractivity contribution in [3.05, 3.63) is 20.6 Å². The average Bonchev–Trinajstić information content (AvgIpc) is 2.25. The van der Waals surface area contributed by atoms with Crippen LogP contribution in [0.25, 0.3) is 0 Å². The molecular weight excluding hydrogens is 342 g/mol. The highest BCUT2D eigenvalue weighted by Gasteiger charge is 2.21. The van der Waals surface area contributed by atoms with Gasteiger partial charge in [-0.3, -0.25) is 0 Å². The fraction of sp³-hybridized carbons (Fsp3) is 0.400. The summed E-state index contributed by atoms with van der Waals surface area (Å²) < 4.78 is 6.08. The van der Waals surface area contributed by atoms with E-state index in [1.165, 1.54) is 7.11 Å². The van der Waals surface area contributed by atoms with Crippen LogP contribution < -0.4 is 10.5 Å². The topological polar surface area (TPSA) is 75.7 Å². The molecular formula is C10H13Br2NO3. The van der Waals surface area contributed by atoms with Gasteiger partial charge in [-0.05, 0) is 50.4 Å². The van der Waals surface area contributed by atoms with Crippen LogP contribution in [0.1, 0.15) is 18.5 Å². The molecule has 4 nitrogen and oxygen atoms in total. The molecule has 0 aliphatic heterocycles. The van der Waals surface area contributed by atoms with Gasteiger partial charge in [0.15, 0.2) is 11.5 Å². The summed E-state index contributed by atoms with van der Waals surface area (Å²) >= 11 is 6.53. The first kappa shape index (κ1) is 13.8. The molecule has 0 spiro atoms. The van der Waals surface area contributed by atoms with Crippen LogP contribution in [0.15, 0.2) is 15.0 Å². The summed E-state index contributed by atoms with van der Waals surface area (Å²) in [5, 5.41) is 19.2. The van der Waals surface area contributed by atoms with E-state index in [0.717, 1.165) is 0 Å². The summed E-state index contributed by atoms with van der Waals surface area (Å²) in [6, 6.07) is 1.04. The van der Waals surface area contributed by atoms with Crippen LogP contribution in [0.2, 0.25) is 0 Å². The number of aliphatic hydroxyl groups is 1. The SMILES string of the molecule is COc1cc([C@@H](N)[C@H](C)O)c(Br)c(Br)c1O.